The topological polar surface area (TPSA) is 52.6 Å². The molecule has 18 heavy (non-hydrogen) atoms. The van der Waals surface area contributed by atoms with Gasteiger partial charge in [0.25, 0.3) is 0 Å². The SMILES string of the molecule is C=CC1(OC(=O)COC(=O)C(=C)C)CCCC1C. The summed E-state index contributed by atoms with van der Waals surface area (Å²) >= 11 is 0. The molecule has 0 heterocycles. The quantitative estimate of drug-likeness (QED) is 0.428. The molecule has 1 aliphatic carbocycles. The van der Waals surface area contributed by atoms with E-state index in [9.17, 15) is 9.59 Å². The number of hydrogen-bond donors (Lipinski definition) is 0. The minimum absolute atomic E-state index is 0.246. The molecule has 0 bridgehead atoms. The highest BCUT2D eigenvalue weighted by molar-refractivity contribution is 5.88. The molecule has 0 amide bonds. The third kappa shape index (κ3) is 3.22. The minimum atomic E-state index is -0.604. The van der Waals surface area contributed by atoms with E-state index < -0.39 is 17.5 Å². The van der Waals surface area contributed by atoms with Crippen molar-refractivity contribution in [1.29, 1.82) is 0 Å². The first-order chi connectivity index (χ1) is 8.41. The van der Waals surface area contributed by atoms with E-state index in [1.165, 1.54) is 6.92 Å². The molecular weight excluding hydrogens is 232 g/mol. The maximum Gasteiger partial charge on any atom is 0.345 e. The van der Waals surface area contributed by atoms with Crippen molar-refractivity contribution in [2.24, 2.45) is 5.92 Å². The number of ether oxygens (including phenoxy) is 2. The molecule has 0 saturated heterocycles. The van der Waals surface area contributed by atoms with Crippen LogP contribution in [0.1, 0.15) is 33.1 Å². The Bertz CT molecular complexity index is 372. The third-order valence-electron chi connectivity index (χ3n) is 3.36. The third-order valence-corrected chi connectivity index (χ3v) is 3.36. The van der Waals surface area contributed by atoms with E-state index in [2.05, 4.69) is 13.2 Å². The molecule has 0 aromatic carbocycles. The van der Waals surface area contributed by atoms with Crippen LogP contribution in [0.2, 0.25) is 0 Å². The van der Waals surface area contributed by atoms with Crippen molar-refractivity contribution in [3.63, 3.8) is 0 Å². The van der Waals surface area contributed by atoms with E-state index in [-0.39, 0.29) is 18.1 Å². The van der Waals surface area contributed by atoms with Gasteiger partial charge < -0.3 is 9.47 Å². The van der Waals surface area contributed by atoms with Gasteiger partial charge in [0.1, 0.15) is 5.60 Å². The maximum atomic E-state index is 11.7. The summed E-state index contributed by atoms with van der Waals surface area (Å²) in [7, 11) is 0. The summed E-state index contributed by atoms with van der Waals surface area (Å²) in [6.07, 6.45) is 4.47. The largest absolute Gasteiger partial charge is 0.452 e. The van der Waals surface area contributed by atoms with E-state index in [0.717, 1.165) is 19.3 Å². The molecule has 2 unspecified atom stereocenters. The molecule has 1 saturated carbocycles. The van der Waals surface area contributed by atoms with E-state index >= 15 is 0 Å². The lowest BCUT2D eigenvalue weighted by molar-refractivity contribution is -0.167. The second-order valence-electron chi connectivity index (χ2n) is 4.78. The summed E-state index contributed by atoms with van der Waals surface area (Å²) in [5.74, 6) is -0.881. The summed E-state index contributed by atoms with van der Waals surface area (Å²) < 4.78 is 10.2. The van der Waals surface area contributed by atoms with Crippen LogP contribution in [0, 0.1) is 5.92 Å². The number of carbonyl (C=O) groups excluding carboxylic acids is 2. The Balaban J connectivity index is 2.51. The smallest absolute Gasteiger partial charge is 0.345 e. The van der Waals surface area contributed by atoms with Crippen molar-refractivity contribution < 1.29 is 19.1 Å². The van der Waals surface area contributed by atoms with Gasteiger partial charge in [-0.25, -0.2) is 9.59 Å². The van der Waals surface area contributed by atoms with Crippen LogP contribution in [0.25, 0.3) is 0 Å². The first kappa shape index (κ1) is 14.5. The normalized spacial score (nSPS) is 26.4. The fourth-order valence-corrected chi connectivity index (χ4v) is 2.16. The molecule has 0 aromatic heterocycles. The van der Waals surface area contributed by atoms with Gasteiger partial charge >= 0.3 is 11.9 Å². The molecule has 1 rings (SSSR count). The number of esters is 2. The molecule has 0 spiro atoms. The average molecular weight is 252 g/mol. The van der Waals surface area contributed by atoms with E-state index in [0.29, 0.717) is 0 Å². The first-order valence-electron chi connectivity index (χ1n) is 6.09. The molecule has 100 valence electrons. The molecule has 4 heteroatoms. The number of hydrogen-bond acceptors (Lipinski definition) is 4. The Morgan fingerprint density at radius 1 is 1.50 bits per heavy atom. The average Bonchev–Trinajstić information content (AvgIpc) is 2.68. The zero-order valence-electron chi connectivity index (χ0n) is 11.0. The Kier molecular flexibility index (Phi) is 4.70. The van der Waals surface area contributed by atoms with Crippen LogP contribution in [0.5, 0.6) is 0 Å². The minimum Gasteiger partial charge on any atom is -0.452 e. The van der Waals surface area contributed by atoms with E-state index in [1.807, 2.05) is 6.92 Å². The summed E-state index contributed by atoms with van der Waals surface area (Å²) in [6.45, 7) is 10.4. The van der Waals surface area contributed by atoms with Gasteiger partial charge in [-0.1, -0.05) is 20.1 Å². The van der Waals surface area contributed by atoms with Gasteiger partial charge in [-0.2, -0.15) is 0 Å². The van der Waals surface area contributed by atoms with Crippen molar-refractivity contribution in [2.45, 2.75) is 38.7 Å². The van der Waals surface area contributed by atoms with Crippen LogP contribution in [0.15, 0.2) is 24.8 Å². The molecule has 1 fully saturated rings. The Morgan fingerprint density at radius 2 is 2.17 bits per heavy atom. The van der Waals surface area contributed by atoms with E-state index in [4.69, 9.17) is 9.47 Å². The van der Waals surface area contributed by atoms with Crippen LogP contribution >= 0.6 is 0 Å². The van der Waals surface area contributed by atoms with Crippen molar-refractivity contribution in [3.05, 3.63) is 24.8 Å². The predicted molar refractivity (Wildman–Crippen MR) is 67.8 cm³/mol. The Hall–Kier alpha value is -1.58. The molecule has 1 aliphatic rings. The van der Waals surface area contributed by atoms with Gasteiger partial charge in [-0.3, -0.25) is 0 Å². The van der Waals surface area contributed by atoms with Crippen LogP contribution < -0.4 is 0 Å². The van der Waals surface area contributed by atoms with Gasteiger partial charge in [0.15, 0.2) is 6.61 Å². The monoisotopic (exact) mass is 252 g/mol. The Morgan fingerprint density at radius 3 is 2.61 bits per heavy atom. The van der Waals surface area contributed by atoms with Crippen LogP contribution in [-0.4, -0.2) is 24.1 Å². The van der Waals surface area contributed by atoms with Crippen molar-refractivity contribution in [3.8, 4) is 0 Å². The van der Waals surface area contributed by atoms with Crippen molar-refractivity contribution in [2.75, 3.05) is 6.61 Å². The predicted octanol–water partition coefficient (Wildman–Crippen LogP) is 2.39. The highest BCUT2D eigenvalue weighted by atomic mass is 16.6. The molecule has 0 aliphatic heterocycles. The highest BCUT2D eigenvalue weighted by Crippen LogP contribution is 2.39. The lowest BCUT2D eigenvalue weighted by Gasteiger charge is -2.30. The van der Waals surface area contributed by atoms with Gasteiger partial charge in [0.05, 0.1) is 0 Å². The van der Waals surface area contributed by atoms with Crippen molar-refractivity contribution in [1.82, 2.24) is 0 Å². The van der Waals surface area contributed by atoms with Crippen molar-refractivity contribution >= 4 is 11.9 Å². The fourth-order valence-electron chi connectivity index (χ4n) is 2.16. The second kappa shape index (κ2) is 5.85. The van der Waals surface area contributed by atoms with Gasteiger partial charge in [0, 0.05) is 5.57 Å². The lowest BCUT2D eigenvalue weighted by Crippen LogP contribution is -2.36. The molecular formula is C14H20O4. The zero-order valence-corrected chi connectivity index (χ0v) is 11.0. The zero-order chi connectivity index (χ0) is 13.8. The summed E-state index contributed by atoms with van der Waals surface area (Å²) in [6, 6.07) is 0. The lowest BCUT2D eigenvalue weighted by atomic mass is 9.92. The summed E-state index contributed by atoms with van der Waals surface area (Å²) in [4.78, 5) is 22.8. The summed E-state index contributed by atoms with van der Waals surface area (Å²) in [5, 5.41) is 0. The van der Waals surface area contributed by atoms with Crippen LogP contribution in [0.4, 0.5) is 0 Å². The van der Waals surface area contributed by atoms with Crippen LogP contribution in [-0.2, 0) is 19.1 Å². The number of carbonyl (C=O) groups is 2. The standard InChI is InChI=1S/C14H20O4/c1-5-14(8-6-7-11(14)4)18-12(15)9-17-13(16)10(2)3/h5,11H,1-2,6-9H2,3-4H3. The molecule has 4 nitrogen and oxygen atoms in total. The highest BCUT2D eigenvalue weighted by Gasteiger charge is 2.41. The number of rotatable bonds is 5. The van der Waals surface area contributed by atoms with E-state index in [1.54, 1.807) is 6.08 Å². The Labute approximate surface area is 108 Å². The fraction of sp³-hybridized carbons (Fsp3) is 0.571. The van der Waals surface area contributed by atoms with Gasteiger partial charge in [0.2, 0.25) is 0 Å². The molecule has 2 atom stereocenters. The van der Waals surface area contributed by atoms with Gasteiger partial charge in [-0.05, 0) is 38.2 Å². The van der Waals surface area contributed by atoms with Crippen LogP contribution in [0.3, 0.4) is 0 Å². The second-order valence-corrected chi connectivity index (χ2v) is 4.78. The first-order valence-corrected chi connectivity index (χ1v) is 6.09. The van der Waals surface area contributed by atoms with Gasteiger partial charge in [-0.15, -0.1) is 0 Å². The molecule has 0 N–H and O–H groups in total. The summed E-state index contributed by atoms with van der Waals surface area (Å²) in [5.41, 5.74) is -0.345. The molecule has 0 aromatic rings. The molecule has 0 radical (unpaired) electrons. The maximum absolute atomic E-state index is 11.7.